The van der Waals surface area contributed by atoms with Gasteiger partial charge in [0.25, 0.3) is 0 Å². The number of likely N-dealkylation sites (N-methyl/N-ethyl adjacent to an activating group) is 1. The summed E-state index contributed by atoms with van der Waals surface area (Å²) in [6, 6.07) is -0.880. The first-order chi connectivity index (χ1) is 12.3. The molecule has 0 bridgehead atoms. The predicted octanol–water partition coefficient (Wildman–Crippen LogP) is -0.0518. The lowest BCUT2D eigenvalue weighted by molar-refractivity contribution is -0.202. The van der Waals surface area contributed by atoms with Crippen molar-refractivity contribution in [3.8, 4) is 0 Å². The van der Waals surface area contributed by atoms with Gasteiger partial charge in [-0.2, -0.15) is 0 Å². The lowest BCUT2D eigenvalue weighted by Crippen LogP contribution is -2.62. The molecule has 0 aliphatic carbocycles. The molecule has 2 heterocycles. The van der Waals surface area contributed by atoms with Gasteiger partial charge in [-0.25, -0.2) is 0 Å². The van der Waals surface area contributed by atoms with Crippen LogP contribution in [0.15, 0.2) is 12.7 Å². The number of nitrogens with zero attached hydrogens (tertiary/aromatic N) is 1. The second kappa shape index (κ2) is 9.52. The topological polar surface area (TPSA) is 102 Å². The van der Waals surface area contributed by atoms with Crippen molar-refractivity contribution in [2.75, 3.05) is 19.8 Å². The number of amides is 1. The Morgan fingerprint density at radius 3 is 2.65 bits per heavy atom. The Kier molecular flexibility index (Phi) is 7.93. The van der Waals surface area contributed by atoms with E-state index in [9.17, 15) is 20.1 Å². The van der Waals surface area contributed by atoms with Crippen molar-refractivity contribution in [2.45, 2.75) is 68.1 Å². The summed E-state index contributed by atoms with van der Waals surface area (Å²) in [6.07, 6.45) is 1.55. The minimum atomic E-state index is -1.34. The molecular formula is C18H32N2O5S. The van der Waals surface area contributed by atoms with E-state index in [1.54, 1.807) is 6.26 Å². The molecule has 8 heteroatoms. The Labute approximate surface area is 159 Å². The maximum absolute atomic E-state index is 12.8. The molecule has 150 valence electrons. The van der Waals surface area contributed by atoms with E-state index in [-0.39, 0.29) is 11.9 Å². The van der Waals surface area contributed by atoms with E-state index in [0.29, 0.717) is 5.92 Å². The number of aliphatic hydroxyl groups is 3. The molecular weight excluding hydrogens is 356 g/mol. The Morgan fingerprint density at radius 1 is 1.38 bits per heavy atom. The summed E-state index contributed by atoms with van der Waals surface area (Å²) in [5, 5.41) is 33.3. The van der Waals surface area contributed by atoms with Crippen molar-refractivity contribution >= 4 is 17.7 Å². The van der Waals surface area contributed by atoms with Crippen LogP contribution in [0, 0.1) is 5.92 Å². The third-order valence-corrected chi connectivity index (χ3v) is 6.24. The molecule has 2 fully saturated rings. The number of ether oxygens (including phenoxy) is 1. The first-order valence-corrected chi connectivity index (χ1v) is 10.5. The van der Waals surface area contributed by atoms with Crippen molar-refractivity contribution in [1.82, 2.24) is 10.2 Å². The molecule has 0 aromatic carbocycles. The first kappa shape index (κ1) is 21.7. The Balaban J connectivity index is 2.04. The number of likely N-dealkylation sites (tertiary alicyclic amines) is 1. The lowest BCUT2D eigenvalue weighted by Gasteiger charge is -2.42. The monoisotopic (exact) mass is 388 g/mol. The molecule has 26 heavy (non-hydrogen) atoms. The SMILES string of the molecule is C=C[C@@H](NC(=O)[C@@H]1C[C@@H](CCC)CN1C)C1OC(SC)C(O)C(O)C1O. The zero-order valence-electron chi connectivity index (χ0n) is 15.7. The van der Waals surface area contributed by atoms with Gasteiger partial charge in [-0.3, -0.25) is 9.69 Å². The zero-order chi connectivity index (χ0) is 19.4. The minimum absolute atomic E-state index is 0.131. The number of rotatable bonds is 7. The lowest BCUT2D eigenvalue weighted by atomic mass is 9.94. The Morgan fingerprint density at radius 2 is 2.08 bits per heavy atom. The Bertz CT molecular complexity index is 492. The molecule has 0 aromatic rings. The van der Waals surface area contributed by atoms with Gasteiger partial charge >= 0.3 is 0 Å². The van der Waals surface area contributed by atoms with Gasteiger partial charge in [0.05, 0.1) is 12.1 Å². The van der Waals surface area contributed by atoms with E-state index in [2.05, 4.69) is 23.7 Å². The summed E-state index contributed by atoms with van der Waals surface area (Å²) in [7, 11) is 1.94. The van der Waals surface area contributed by atoms with Crippen molar-refractivity contribution in [3.05, 3.63) is 12.7 Å². The molecule has 0 saturated carbocycles. The molecule has 5 unspecified atom stereocenters. The van der Waals surface area contributed by atoms with Crippen molar-refractivity contribution < 1.29 is 24.9 Å². The van der Waals surface area contributed by atoms with E-state index >= 15 is 0 Å². The van der Waals surface area contributed by atoms with Crippen LogP contribution in [0.5, 0.6) is 0 Å². The van der Waals surface area contributed by atoms with Gasteiger partial charge < -0.3 is 25.4 Å². The third-order valence-electron chi connectivity index (χ3n) is 5.39. The average Bonchev–Trinajstić information content (AvgIpc) is 2.99. The number of carbonyl (C=O) groups is 1. The summed E-state index contributed by atoms with van der Waals surface area (Å²) in [6.45, 7) is 6.78. The van der Waals surface area contributed by atoms with Crippen LogP contribution in [0.4, 0.5) is 0 Å². The van der Waals surface area contributed by atoms with E-state index in [1.807, 2.05) is 7.05 Å². The van der Waals surface area contributed by atoms with Crippen LogP contribution >= 0.6 is 11.8 Å². The molecule has 0 spiro atoms. The normalized spacial score (nSPS) is 39.5. The van der Waals surface area contributed by atoms with Gasteiger partial charge in [0.15, 0.2) is 0 Å². The van der Waals surface area contributed by atoms with Gasteiger partial charge in [-0.05, 0) is 32.1 Å². The van der Waals surface area contributed by atoms with Gasteiger partial charge in [0, 0.05) is 6.54 Å². The summed E-state index contributed by atoms with van der Waals surface area (Å²) < 4.78 is 5.74. The van der Waals surface area contributed by atoms with E-state index in [0.717, 1.165) is 25.8 Å². The van der Waals surface area contributed by atoms with Crippen LogP contribution in [0.2, 0.25) is 0 Å². The molecule has 2 aliphatic heterocycles. The highest BCUT2D eigenvalue weighted by Gasteiger charge is 2.46. The fraction of sp³-hybridized carbons (Fsp3) is 0.833. The minimum Gasteiger partial charge on any atom is -0.387 e. The number of nitrogens with one attached hydrogen (secondary N) is 1. The maximum atomic E-state index is 12.8. The van der Waals surface area contributed by atoms with Gasteiger partial charge in [0.2, 0.25) is 5.91 Å². The van der Waals surface area contributed by atoms with Gasteiger partial charge in [0.1, 0.15) is 29.9 Å². The highest BCUT2D eigenvalue weighted by Crippen LogP contribution is 2.30. The molecule has 0 radical (unpaired) electrons. The van der Waals surface area contributed by atoms with Crippen LogP contribution in [-0.2, 0) is 9.53 Å². The van der Waals surface area contributed by atoms with Crippen LogP contribution in [0.3, 0.4) is 0 Å². The fourth-order valence-corrected chi connectivity index (χ4v) is 4.61. The zero-order valence-corrected chi connectivity index (χ0v) is 16.6. The standard InChI is InChI=1S/C18H32N2O5S/c1-5-7-10-8-12(20(3)9-10)17(24)19-11(6-2)16-14(22)13(21)15(23)18(25-16)26-4/h6,10-16,18,21-23H,2,5,7-9H2,1,3-4H3,(H,19,24)/t10-,11-,12+,13?,14?,15?,16?,18?/m1/s1. The molecule has 7 nitrogen and oxygen atoms in total. The molecule has 0 aromatic heterocycles. The van der Waals surface area contributed by atoms with E-state index in [4.69, 9.17) is 4.74 Å². The first-order valence-electron chi connectivity index (χ1n) is 9.19. The van der Waals surface area contributed by atoms with E-state index < -0.39 is 35.9 Å². The Hall–Kier alpha value is -0.640. The summed E-state index contributed by atoms with van der Waals surface area (Å²) in [5.74, 6) is 0.380. The summed E-state index contributed by atoms with van der Waals surface area (Å²) in [4.78, 5) is 14.8. The molecule has 2 aliphatic rings. The van der Waals surface area contributed by atoms with Crippen molar-refractivity contribution in [3.63, 3.8) is 0 Å². The highest BCUT2D eigenvalue weighted by molar-refractivity contribution is 7.99. The van der Waals surface area contributed by atoms with Crippen molar-refractivity contribution in [2.24, 2.45) is 5.92 Å². The van der Waals surface area contributed by atoms with Gasteiger partial charge in [-0.1, -0.05) is 19.4 Å². The number of thioether (sulfide) groups is 1. The van der Waals surface area contributed by atoms with Crippen molar-refractivity contribution in [1.29, 1.82) is 0 Å². The second-order valence-corrected chi connectivity index (χ2v) is 8.23. The smallest absolute Gasteiger partial charge is 0.237 e. The van der Waals surface area contributed by atoms with E-state index in [1.165, 1.54) is 17.8 Å². The number of carbonyl (C=O) groups excluding carboxylic acids is 1. The molecule has 4 N–H and O–H groups in total. The highest BCUT2D eigenvalue weighted by atomic mass is 32.2. The number of hydrogen-bond donors (Lipinski definition) is 4. The van der Waals surface area contributed by atoms with Crippen LogP contribution in [-0.4, -0.2) is 87.9 Å². The largest absolute Gasteiger partial charge is 0.387 e. The van der Waals surface area contributed by atoms with Crippen LogP contribution in [0.25, 0.3) is 0 Å². The second-order valence-electron chi connectivity index (χ2n) is 7.29. The van der Waals surface area contributed by atoms with Crippen LogP contribution in [0.1, 0.15) is 26.2 Å². The predicted molar refractivity (Wildman–Crippen MR) is 102 cm³/mol. The van der Waals surface area contributed by atoms with Crippen LogP contribution < -0.4 is 5.32 Å². The molecule has 1 amide bonds. The van der Waals surface area contributed by atoms with Gasteiger partial charge in [-0.15, -0.1) is 18.3 Å². The molecule has 2 saturated heterocycles. The maximum Gasteiger partial charge on any atom is 0.237 e. The quantitative estimate of drug-likeness (QED) is 0.454. The molecule has 2 rings (SSSR count). The number of aliphatic hydroxyl groups excluding tert-OH is 3. The summed E-state index contributed by atoms with van der Waals surface area (Å²) >= 11 is 1.24. The molecule has 8 atom stereocenters. The third kappa shape index (κ3) is 4.61. The number of hydrogen-bond acceptors (Lipinski definition) is 7. The fourth-order valence-electron chi connectivity index (χ4n) is 3.93. The summed E-state index contributed by atoms with van der Waals surface area (Å²) in [5.41, 5.74) is -0.680. The average molecular weight is 389 g/mol.